The second-order valence-electron chi connectivity index (χ2n) is 9.77. The molecule has 0 saturated carbocycles. The van der Waals surface area contributed by atoms with E-state index < -0.39 is 13.9 Å². The molecule has 0 aliphatic carbocycles. The molecule has 0 aliphatic heterocycles. The van der Waals surface area contributed by atoms with Crippen molar-refractivity contribution in [3.05, 3.63) is 34.3 Å². The zero-order chi connectivity index (χ0) is 26.5. The highest BCUT2D eigenvalue weighted by Gasteiger charge is 2.19. The Labute approximate surface area is 224 Å². The first-order valence-electron chi connectivity index (χ1n) is 13.8. The van der Waals surface area contributed by atoms with E-state index in [9.17, 15) is 4.57 Å². The molecule has 0 heterocycles. The number of halogens is 1. The molecular formula is C28H47ClNO5P. The molecule has 0 aromatic heterocycles. The first kappa shape index (κ1) is 33.1. The Balaban J connectivity index is 2.15. The normalized spacial score (nSPS) is 12.5. The number of rotatable bonds is 23. The first-order chi connectivity index (χ1) is 17.3. The third-order valence-corrected chi connectivity index (χ3v) is 7.08. The molecule has 0 amide bonds. The standard InChI is InChI=1S/C28H47ClNO5P/c1-2-3-4-5-6-7-8-9-10-11-12-13-14-15-16-17-18-28(24-35-36(31,32)33)34-23-26-19-25(22-30)20-27(29)21-26/h19-21,28H,2-18,23-24H2,1H3,(H2,31,32,33)/t28-/m1/s1. The SMILES string of the molecule is CCCCCCCCCCCCCCCCCC[C@H](COP(=O)(O)O)OCc1cc(Cl)cc(C#N)c1. The van der Waals surface area contributed by atoms with Gasteiger partial charge in [-0.3, -0.25) is 4.52 Å². The van der Waals surface area contributed by atoms with Crippen molar-refractivity contribution in [1.29, 1.82) is 5.26 Å². The van der Waals surface area contributed by atoms with Gasteiger partial charge in [0.25, 0.3) is 0 Å². The van der Waals surface area contributed by atoms with Crippen molar-refractivity contribution >= 4 is 19.4 Å². The highest BCUT2D eigenvalue weighted by molar-refractivity contribution is 7.46. The van der Waals surface area contributed by atoms with E-state index in [0.29, 0.717) is 17.0 Å². The van der Waals surface area contributed by atoms with Crippen molar-refractivity contribution in [1.82, 2.24) is 0 Å². The molecule has 6 nitrogen and oxygen atoms in total. The van der Waals surface area contributed by atoms with E-state index in [1.54, 1.807) is 18.2 Å². The van der Waals surface area contributed by atoms with Gasteiger partial charge in [0.2, 0.25) is 0 Å². The Morgan fingerprint density at radius 2 is 1.36 bits per heavy atom. The summed E-state index contributed by atoms with van der Waals surface area (Å²) in [6, 6.07) is 7.05. The molecule has 1 aromatic carbocycles. The van der Waals surface area contributed by atoms with E-state index in [0.717, 1.165) is 24.8 Å². The molecule has 1 rings (SSSR count). The van der Waals surface area contributed by atoms with Crippen molar-refractivity contribution in [2.45, 2.75) is 129 Å². The zero-order valence-corrected chi connectivity index (χ0v) is 23.8. The maximum atomic E-state index is 11.1. The minimum atomic E-state index is -4.56. The minimum Gasteiger partial charge on any atom is -0.371 e. The third kappa shape index (κ3) is 19.2. The van der Waals surface area contributed by atoms with Gasteiger partial charge >= 0.3 is 7.82 Å². The monoisotopic (exact) mass is 543 g/mol. The van der Waals surface area contributed by atoms with Crippen molar-refractivity contribution in [2.24, 2.45) is 0 Å². The maximum absolute atomic E-state index is 11.1. The van der Waals surface area contributed by atoms with Gasteiger partial charge in [-0.1, -0.05) is 121 Å². The van der Waals surface area contributed by atoms with Gasteiger partial charge in [-0.2, -0.15) is 5.26 Å². The van der Waals surface area contributed by atoms with Gasteiger partial charge in [-0.05, 0) is 30.2 Å². The quantitative estimate of drug-likeness (QED) is 0.106. The molecule has 2 N–H and O–H groups in total. The number of phosphoric ester groups is 1. The van der Waals surface area contributed by atoms with Gasteiger partial charge in [0.05, 0.1) is 31.0 Å². The summed E-state index contributed by atoms with van der Waals surface area (Å²) in [5.74, 6) is 0. The summed E-state index contributed by atoms with van der Waals surface area (Å²) < 4.78 is 21.7. The van der Waals surface area contributed by atoms with Crippen LogP contribution in [-0.4, -0.2) is 22.5 Å². The van der Waals surface area contributed by atoms with E-state index in [-0.39, 0.29) is 13.2 Å². The zero-order valence-electron chi connectivity index (χ0n) is 22.1. The Kier molecular flexibility index (Phi) is 19.4. The summed E-state index contributed by atoms with van der Waals surface area (Å²) in [6.45, 7) is 2.29. The number of hydrogen-bond donors (Lipinski definition) is 2. The predicted octanol–water partition coefficient (Wildman–Crippen LogP) is 8.86. The average molecular weight is 544 g/mol. The molecule has 206 valence electrons. The summed E-state index contributed by atoms with van der Waals surface area (Å²) in [7, 11) is -4.56. The van der Waals surface area contributed by atoms with Gasteiger partial charge in [-0.25, -0.2) is 4.57 Å². The Bertz CT molecular complexity index is 780. The van der Waals surface area contributed by atoms with Gasteiger partial charge in [-0.15, -0.1) is 0 Å². The molecule has 0 radical (unpaired) electrons. The largest absolute Gasteiger partial charge is 0.469 e. The molecule has 1 atom stereocenters. The summed E-state index contributed by atoms with van der Waals surface area (Å²) in [4.78, 5) is 18.1. The fourth-order valence-corrected chi connectivity index (χ4v) is 4.95. The average Bonchev–Trinajstić information content (AvgIpc) is 2.84. The van der Waals surface area contributed by atoms with Crippen LogP contribution >= 0.6 is 19.4 Å². The molecule has 0 spiro atoms. The number of phosphoric acid groups is 1. The van der Waals surface area contributed by atoms with E-state index in [1.165, 1.54) is 83.5 Å². The molecular weight excluding hydrogens is 497 g/mol. The lowest BCUT2D eigenvalue weighted by Crippen LogP contribution is -2.19. The summed E-state index contributed by atoms with van der Waals surface area (Å²) >= 11 is 6.04. The molecule has 36 heavy (non-hydrogen) atoms. The molecule has 0 bridgehead atoms. The lowest BCUT2D eigenvalue weighted by Gasteiger charge is -2.18. The van der Waals surface area contributed by atoms with Gasteiger partial charge in [0.15, 0.2) is 0 Å². The Morgan fingerprint density at radius 3 is 1.83 bits per heavy atom. The fraction of sp³-hybridized carbons (Fsp3) is 0.750. The highest BCUT2D eigenvalue weighted by Crippen LogP contribution is 2.36. The molecule has 0 aliphatic rings. The number of nitriles is 1. The minimum absolute atomic E-state index is 0.172. The van der Waals surface area contributed by atoms with Crippen LogP contribution in [0, 0.1) is 11.3 Å². The smallest absolute Gasteiger partial charge is 0.371 e. The van der Waals surface area contributed by atoms with Crippen LogP contribution in [0.2, 0.25) is 5.02 Å². The summed E-state index contributed by atoms with van der Waals surface area (Å²) in [5.41, 5.74) is 1.19. The van der Waals surface area contributed by atoms with E-state index in [2.05, 4.69) is 13.0 Å². The van der Waals surface area contributed by atoms with Crippen LogP contribution in [-0.2, 0) is 20.4 Å². The predicted molar refractivity (Wildman–Crippen MR) is 147 cm³/mol. The number of unbranched alkanes of at least 4 members (excludes halogenated alkanes) is 15. The van der Waals surface area contributed by atoms with E-state index >= 15 is 0 Å². The summed E-state index contributed by atoms with van der Waals surface area (Å²) in [6.07, 6.45) is 20.9. The number of nitrogens with zero attached hydrogens (tertiary/aromatic N) is 1. The lowest BCUT2D eigenvalue weighted by atomic mass is 10.0. The molecule has 0 saturated heterocycles. The number of ether oxygens (including phenoxy) is 1. The first-order valence-corrected chi connectivity index (χ1v) is 15.8. The van der Waals surface area contributed by atoms with E-state index in [1.807, 2.05) is 0 Å². The molecule has 1 aromatic rings. The highest BCUT2D eigenvalue weighted by atomic mass is 35.5. The Morgan fingerprint density at radius 1 is 0.861 bits per heavy atom. The van der Waals surface area contributed by atoms with Crippen LogP contribution in [0.25, 0.3) is 0 Å². The maximum Gasteiger partial charge on any atom is 0.469 e. The third-order valence-electron chi connectivity index (χ3n) is 6.38. The molecule has 8 heteroatoms. The van der Waals surface area contributed by atoms with Crippen LogP contribution < -0.4 is 0 Å². The number of hydrogen-bond acceptors (Lipinski definition) is 4. The van der Waals surface area contributed by atoms with Crippen molar-refractivity contribution in [2.75, 3.05) is 6.61 Å². The van der Waals surface area contributed by atoms with Crippen LogP contribution in [0.5, 0.6) is 0 Å². The molecule has 0 unspecified atom stereocenters. The van der Waals surface area contributed by atoms with E-state index in [4.69, 9.17) is 35.9 Å². The summed E-state index contributed by atoms with van der Waals surface area (Å²) in [5, 5.41) is 9.54. The topological polar surface area (TPSA) is 99.8 Å². The van der Waals surface area contributed by atoms with Gasteiger partial charge in [0.1, 0.15) is 0 Å². The molecule has 0 fully saturated rings. The van der Waals surface area contributed by atoms with Crippen LogP contribution in [0.3, 0.4) is 0 Å². The second-order valence-corrected chi connectivity index (χ2v) is 11.4. The number of benzene rings is 1. The Hall–Kier alpha value is -0.930. The van der Waals surface area contributed by atoms with Crippen molar-refractivity contribution < 1.29 is 23.6 Å². The van der Waals surface area contributed by atoms with Gasteiger partial charge in [0, 0.05) is 5.02 Å². The van der Waals surface area contributed by atoms with Crippen LogP contribution in [0.4, 0.5) is 0 Å². The second kappa shape index (κ2) is 21.1. The van der Waals surface area contributed by atoms with Gasteiger partial charge < -0.3 is 14.5 Å². The van der Waals surface area contributed by atoms with Crippen LogP contribution in [0.1, 0.15) is 127 Å². The van der Waals surface area contributed by atoms with Crippen molar-refractivity contribution in [3.8, 4) is 6.07 Å². The lowest BCUT2D eigenvalue weighted by molar-refractivity contribution is -0.00375. The van der Waals surface area contributed by atoms with Crippen molar-refractivity contribution in [3.63, 3.8) is 0 Å². The van der Waals surface area contributed by atoms with Crippen LogP contribution in [0.15, 0.2) is 18.2 Å². The fourth-order valence-electron chi connectivity index (χ4n) is 4.33.